The van der Waals surface area contributed by atoms with E-state index in [0.29, 0.717) is 12.4 Å². The Morgan fingerprint density at radius 2 is 1.83 bits per heavy atom. The summed E-state index contributed by atoms with van der Waals surface area (Å²) < 4.78 is 5.40. The van der Waals surface area contributed by atoms with E-state index in [1.54, 1.807) is 12.3 Å². The summed E-state index contributed by atoms with van der Waals surface area (Å²) in [5.74, 6) is 1.34. The average Bonchev–Trinajstić information content (AvgIpc) is 2.51. The molecule has 0 unspecified atom stereocenters. The fraction of sp³-hybridized carbons (Fsp3) is 0.294. The van der Waals surface area contributed by atoms with E-state index in [2.05, 4.69) is 20.9 Å². The molecular formula is C17H22N4O2. The summed E-state index contributed by atoms with van der Waals surface area (Å²) in [6.07, 6.45) is 1.67. The van der Waals surface area contributed by atoms with Gasteiger partial charge in [0.05, 0.1) is 18.5 Å². The highest BCUT2D eigenvalue weighted by Gasteiger charge is 2.04. The van der Waals surface area contributed by atoms with Crippen LogP contribution >= 0.6 is 0 Å². The lowest BCUT2D eigenvalue weighted by Gasteiger charge is -2.11. The van der Waals surface area contributed by atoms with E-state index in [0.717, 1.165) is 17.1 Å². The molecule has 1 aromatic heterocycles. The number of carbonyl (C=O) groups is 1. The van der Waals surface area contributed by atoms with Crippen LogP contribution in [0.15, 0.2) is 42.6 Å². The van der Waals surface area contributed by atoms with Crippen molar-refractivity contribution in [3.05, 3.63) is 42.6 Å². The van der Waals surface area contributed by atoms with E-state index in [1.807, 2.05) is 51.1 Å². The molecule has 0 saturated carbocycles. The third-order valence-electron chi connectivity index (χ3n) is 2.88. The van der Waals surface area contributed by atoms with Crippen LogP contribution < -0.4 is 20.7 Å². The second-order valence-electron chi connectivity index (χ2n) is 5.27. The minimum atomic E-state index is -0.264. The SMILES string of the molecule is CCOc1ccc(Nc2ccc(NC(=O)NC(C)C)nc2)cc1. The molecule has 1 aromatic carbocycles. The maximum Gasteiger partial charge on any atom is 0.320 e. The zero-order valence-electron chi connectivity index (χ0n) is 13.6. The maximum atomic E-state index is 11.6. The summed E-state index contributed by atoms with van der Waals surface area (Å²) in [5, 5.41) is 8.66. The van der Waals surface area contributed by atoms with E-state index in [9.17, 15) is 4.79 Å². The van der Waals surface area contributed by atoms with E-state index < -0.39 is 0 Å². The highest BCUT2D eigenvalue weighted by atomic mass is 16.5. The molecule has 2 amide bonds. The number of urea groups is 1. The zero-order valence-corrected chi connectivity index (χ0v) is 13.6. The van der Waals surface area contributed by atoms with Gasteiger partial charge in [-0.25, -0.2) is 9.78 Å². The summed E-state index contributed by atoms with van der Waals surface area (Å²) in [5.41, 5.74) is 1.78. The van der Waals surface area contributed by atoms with E-state index in [-0.39, 0.29) is 12.1 Å². The molecule has 1 heterocycles. The smallest absolute Gasteiger partial charge is 0.320 e. The van der Waals surface area contributed by atoms with Gasteiger partial charge in [-0.3, -0.25) is 5.32 Å². The molecule has 3 N–H and O–H groups in total. The predicted molar refractivity (Wildman–Crippen MR) is 92.4 cm³/mol. The van der Waals surface area contributed by atoms with Gasteiger partial charge in [-0.1, -0.05) is 0 Å². The Kier molecular flexibility index (Phi) is 5.80. The molecule has 2 aromatic rings. The topological polar surface area (TPSA) is 75.3 Å². The molecule has 6 heteroatoms. The van der Waals surface area contributed by atoms with Gasteiger partial charge in [0.25, 0.3) is 0 Å². The highest BCUT2D eigenvalue weighted by Crippen LogP contribution is 2.20. The Labute approximate surface area is 136 Å². The van der Waals surface area contributed by atoms with Crippen molar-refractivity contribution in [3.8, 4) is 5.75 Å². The molecule has 0 radical (unpaired) electrons. The fourth-order valence-electron chi connectivity index (χ4n) is 1.92. The molecule has 122 valence electrons. The number of hydrogen-bond donors (Lipinski definition) is 3. The van der Waals surface area contributed by atoms with Crippen molar-refractivity contribution in [3.63, 3.8) is 0 Å². The van der Waals surface area contributed by atoms with Gasteiger partial charge in [0, 0.05) is 11.7 Å². The molecule has 23 heavy (non-hydrogen) atoms. The number of aromatic nitrogens is 1. The lowest BCUT2D eigenvalue weighted by Crippen LogP contribution is -2.34. The molecular weight excluding hydrogens is 292 g/mol. The van der Waals surface area contributed by atoms with Crippen LogP contribution in [0.5, 0.6) is 5.75 Å². The minimum absolute atomic E-state index is 0.0793. The van der Waals surface area contributed by atoms with Crippen molar-refractivity contribution in [2.24, 2.45) is 0 Å². The number of ether oxygens (including phenoxy) is 1. The van der Waals surface area contributed by atoms with Crippen LogP contribution in [0, 0.1) is 0 Å². The van der Waals surface area contributed by atoms with Crippen LogP contribution in [0.3, 0.4) is 0 Å². The number of carbonyl (C=O) groups excluding carboxylic acids is 1. The summed E-state index contributed by atoms with van der Waals surface area (Å²) in [6.45, 7) is 6.40. The molecule has 0 atom stereocenters. The summed E-state index contributed by atoms with van der Waals surface area (Å²) in [6, 6.07) is 11.1. The first-order valence-electron chi connectivity index (χ1n) is 7.60. The second kappa shape index (κ2) is 8.03. The predicted octanol–water partition coefficient (Wildman–Crippen LogP) is 3.75. The highest BCUT2D eigenvalue weighted by molar-refractivity contribution is 5.88. The standard InChI is InChI=1S/C17H22N4O2/c1-4-23-15-8-5-13(6-9-15)20-14-7-10-16(18-11-14)21-17(22)19-12(2)3/h5-12,20H,4H2,1-3H3,(H2,18,19,21,22). The molecule has 0 saturated heterocycles. The Balaban J connectivity index is 1.93. The number of pyridine rings is 1. The number of benzene rings is 1. The third kappa shape index (κ3) is 5.50. The number of hydrogen-bond acceptors (Lipinski definition) is 4. The number of amides is 2. The van der Waals surface area contributed by atoms with Crippen LogP contribution in [0.1, 0.15) is 20.8 Å². The number of rotatable bonds is 6. The van der Waals surface area contributed by atoms with Crippen molar-refractivity contribution >= 4 is 23.2 Å². The summed E-state index contributed by atoms with van der Waals surface area (Å²) in [7, 11) is 0. The van der Waals surface area contributed by atoms with Crippen molar-refractivity contribution in [2.45, 2.75) is 26.8 Å². The lowest BCUT2D eigenvalue weighted by molar-refractivity contribution is 0.250. The number of anilines is 3. The molecule has 0 aliphatic carbocycles. The molecule has 0 bridgehead atoms. The van der Waals surface area contributed by atoms with Gasteiger partial charge in [-0.2, -0.15) is 0 Å². The molecule has 6 nitrogen and oxygen atoms in total. The van der Waals surface area contributed by atoms with E-state index in [1.165, 1.54) is 0 Å². The normalized spacial score (nSPS) is 10.3. The molecule has 2 rings (SSSR count). The van der Waals surface area contributed by atoms with Gasteiger partial charge in [0.2, 0.25) is 0 Å². The summed E-state index contributed by atoms with van der Waals surface area (Å²) in [4.78, 5) is 15.8. The van der Waals surface area contributed by atoms with Crippen molar-refractivity contribution in [1.82, 2.24) is 10.3 Å². The average molecular weight is 314 g/mol. The molecule has 0 fully saturated rings. The van der Waals surface area contributed by atoms with Crippen molar-refractivity contribution < 1.29 is 9.53 Å². The third-order valence-corrected chi connectivity index (χ3v) is 2.88. The van der Waals surface area contributed by atoms with Gasteiger partial charge in [0.15, 0.2) is 0 Å². The fourth-order valence-corrected chi connectivity index (χ4v) is 1.92. The Morgan fingerprint density at radius 1 is 1.13 bits per heavy atom. The van der Waals surface area contributed by atoms with Gasteiger partial charge < -0.3 is 15.4 Å². The van der Waals surface area contributed by atoms with Gasteiger partial charge >= 0.3 is 6.03 Å². The van der Waals surface area contributed by atoms with Crippen molar-refractivity contribution in [2.75, 3.05) is 17.2 Å². The van der Waals surface area contributed by atoms with Crippen LogP contribution in [-0.2, 0) is 0 Å². The Bertz CT molecular complexity index is 624. The van der Waals surface area contributed by atoms with Crippen LogP contribution in [-0.4, -0.2) is 23.7 Å². The van der Waals surface area contributed by atoms with Crippen LogP contribution in [0.4, 0.5) is 22.0 Å². The van der Waals surface area contributed by atoms with Crippen LogP contribution in [0.2, 0.25) is 0 Å². The van der Waals surface area contributed by atoms with Crippen molar-refractivity contribution in [1.29, 1.82) is 0 Å². The molecule has 0 aliphatic heterocycles. The van der Waals surface area contributed by atoms with E-state index in [4.69, 9.17) is 4.74 Å². The van der Waals surface area contributed by atoms with E-state index >= 15 is 0 Å². The Hall–Kier alpha value is -2.76. The van der Waals surface area contributed by atoms with Gasteiger partial charge in [-0.15, -0.1) is 0 Å². The second-order valence-corrected chi connectivity index (χ2v) is 5.27. The number of nitrogens with zero attached hydrogens (tertiary/aromatic N) is 1. The lowest BCUT2D eigenvalue weighted by atomic mass is 10.3. The first-order valence-corrected chi connectivity index (χ1v) is 7.60. The maximum absolute atomic E-state index is 11.6. The first-order chi connectivity index (χ1) is 11.1. The monoisotopic (exact) mass is 314 g/mol. The zero-order chi connectivity index (χ0) is 16.7. The first kappa shape index (κ1) is 16.6. The largest absolute Gasteiger partial charge is 0.494 e. The molecule has 0 aliphatic rings. The minimum Gasteiger partial charge on any atom is -0.494 e. The summed E-state index contributed by atoms with van der Waals surface area (Å²) >= 11 is 0. The Morgan fingerprint density at radius 3 is 2.39 bits per heavy atom. The molecule has 0 spiro atoms. The number of nitrogens with one attached hydrogen (secondary N) is 3. The van der Waals surface area contributed by atoms with Gasteiger partial charge in [0.1, 0.15) is 11.6 Å². The van der Waals surface area contributed by atoms with Gasteiger partial charge in [-0.05, 0) is 57.2 Å². The quantitative estimate of drug-likeness (QED) is 0.759. The van der Waals surface area contributed by atoms with Crippen LogP contribution in [0.25, 0.3) is 0 Å².